The number of hydrogen-bond acceptors (Lipinski definition) is 3. The van der Waals surface area contributed by atoms with E-state index in [0.717, 1.165) is 28.2 Å². The van der Waals surface area contributed by atoms with Crippen molar-refractivity contribution in [2.24, 2.45) is 5.73 Å². The summed E-state index contributed by atoms with van der Waals surface area (Å²) in [5, 5.41) is 0. The molecule has 4 heteroatoms. The highest BCUT2D eigenvalue weighted by atomic mass is 14.8. The second-order valence-electron chi connectivity index (χ2n) is 3.46. The Balaban J connectivity index is 2.55. The molecule has 0 amide bonds. The first-order valence-electron chi connectivity index (χ1n) is 4.81. The van der Waals surface area contributed by atoms with Crippen LogP contribution in [0.15, 0.2) is 24.5 Å². The molecule has 78 valence electrons. The van der Waals surface area contributed by atoms with Gasteiger partial charge in [0.05, 0.1) is 11.4 Å². The summed E-state index contributed by atoms with van der Waals surface area (Å²) in [4.78, 5) is 7.30. The second-order valence-corrected chi connectivity index (χ2v) is 3.46. The number of nitrogens with one attached hydrogen (secondary N) is 1. The van der Waals surface area contributed by atoms with Gasteiger partial charge in [0.15, 0.2) is 0 Å². The first-order valence-corrected chi connectivity index (χ1v) is 4.81. The molecular weight excluding hydrogens is 188 g/mol. The number of anilines is 1. The van der Waals surface area contributed by atoms with Crippen molar-refractivity contribution in [2.45, 2.75) is 13.5 Å². The normalized spacial score (nSPS) is 10.5. The maximum atomic E-state index is 6.01. The first-order chi connectivity index (χ1) is 7.24. The maximum absolute atomic E-state index is 6.01. The predicted octanol–water partition coefficient (Wildman–Crippen LogP) is 1.43. The quantitative estimate of drug-likeness (QED) is 0.689. The lowest BCUT2D eigenvalue weighted by Gasteiger charge is -1.99. The van der Waals surface area contributed by atoms with Gasteiger partial charge in [-0.1, -0.05) is 0 Å². The molecule has 5 N–H and O–H groups in total. The molecule has 2 rings (SSSR count). The van der Waals surface area contributed by atoms with Crippen LogP contribution in [0, 0.1) is 6.92 Å². The molecule has 0 aliphatic carbocycles. The molecule has 4 nitrogen and oxygen atoms in total. The summed E-state index contributed by atoms with van der Waals surface area (Å²) in [7, 11) is 0. The number of nitrogens with zero attached hydrogens (tertiary/aromatic N) is 1. The van der Waals surface area contributed by atoms with Crippen molar-refractivity contribution < 1.29 is 0 Å². The Kier molecular flexibility index (Phi) is 2.43. The van der Waals surface area contributed by atoms with Gasteiger partial charge < -0.3 is 16.5 Å². The lowest BCUT2D eigenvalue weighted by atomic mass is 10.1. The molecule has 0 aliphatic heterocycles. The Morgan fingerprint density at radius 1 is 1.47 bits per heavy atom. The van der Waals surface area contributed by atoms with E-state index in [4.69, 9.17) is 11.5 Å². The van der Waals surface area contributed by atoms with Crippen molar-refractivity contribution >= 4 is 5.69 Å². The lowest BCUT2D eigenvalue weighted by Crippen LogP contribution is -2.00. The average molecular weight is 202 g/mol. The molecule has 0 saturated heterocycles. The number of nitrogens with two attached hydrogens (primary N) is 2. The van der Waals surface area contributed by atoms with E-state index in [2.05, 4.69) is 9.97 Å². The number of aromatic nitrogens is 2. The van der Waals surface area contributed by atoms with Crippen molar-refractivity contribution in [3.8, 4) is 11.3 Å². The van der Waals surface area contributed by atoms with Crippen molar-refractivity contribution in [3.05, 3.63) is 35.8 Å². The van der Waals surface area contributed by atoms with Gasteiger partial charge in [0.1, 0.15) is 0 Å². The summed E-state index contributed by atoms with van der Waals surface area (Å²) in [6.07, 6.45) is 3.52. The second kappa shape index (κ2) is 3.74. The largest absolute Gasteiger partial charge is 0.397 e. The van der Waals surface area contributed by atoms with Gasteiger partial charge in [-0.25, -0.2) is 0 Å². The maximum Gasteiger partial charge on any atom is 0.0708 e. The van der Waals surface area contributed by atoms with E-state index in [-0.39, 0.29) is 0 Å². The Labute approximate surface area is 88.3 Å². The van der Waals surface area contributed by atoms with Crippen LogP contribution in [-0.2, 0) is 6.54 Å². The molecule has 2 aromatic heterocycles. The molecule has 0 bridgehead atoms. The van der Waals surface area contributed by atoms with Crippen LogP contribution in [0.25, 0.3) is 11.3 Å². The van der Waals surface area contributed by atoms with E-state index in [1.807, 2.05) is 19.1 Å². The van der Waals surface area contributed by atoms with E-state index in [0.29, 0.717) is 6.54 Å². The van der Waals surface area contributed by atoms with Gasteiger partial charge in [0.25, 0.3) is 0 Å². The minimum atomic E-state index is 0.453. The highest BCUT2D eigenvalue weighted by Gasteiger charge is 2.12. The third-order valence-corrected chi connectivity index (χ3v) is 2.51. The first kappa shape index (κ1) is 9.73. The van der Waals surface area contributed by atoms with Gasteiger partial charge in [-0.15, -0.1) is 0 Å². The summed E-state index contributed by atoms with van der Waals surface area (Å²) in [5.74, 6) is 0. The minimum Gasteiger partial charge on any atom is -0.397 e. The summed E-state index contributed by atoms with van der Waals surface area (Å²) in [5.41, 5.74) is 16.3. The smallest absolute Gasteiger partial charge is 0.0708 e. The minimum absolute atomic E-state index is 0.453. The van der Waals surface area contributed by atoms with Crippen LogP contribution in [0.1, 0.15) is 11.3 Å². The van der Waals surface area contributed by atoms with Crippen LogP contribution in [0.5, 0.6) is 0 Å². The Morgan fingerprint density at radius 2 is 2.27 bits per heavy atom. The van der Waals surface area contributed by atoms with E-state index in [9.17, 15) is 0 Å². The molecule has 2 heterocycles. The standard InChI is InChI=1S/C11H14N4/c1-7-9(5-12)10(13)11(15-7)8-3-2-4-14-6-8/h2-4,6,15H,5,12-13H2,1H3. The fourth-order valence-electron chi connectivity index (χ4n) is 1.68. The van der Waals surface area contributed by atoms with Gasteiger partial charge in [0.2, 0.25) is 0 Å². The van der Waals surface area contributed by atoms with Crippen LogP contribution < -0.4 is 11.5 Å². The molecule has 0 aromatic carbocycles. The van der Waals surface area contributed by atoms with Crippen molar-refractivity contribution in [1.82, 2.24) is 9.97 Å². The van der Waals surface area contributed by atoms with Gasteiger partial charge in [-0.3, -0.25) is 4.98 Å². The summed E-state index contributed by atoms with van der Waals surface area (Å²) >= 11 is 0. The van der Waals surface area contributed by atoms with Gasteiger partial charge in [0, 0.05) is 35.8 Å². The van der Waals surface area contributed by atoms with E-state index >= 15 is 0 Å². The number of H-pyrrole nitrogens is 1. The molecule has 0 saturated carbocycles. The summed E-state index contributed by atoms with van der Waals surface area (Å²) < 4.78 is 0. The molecule has 0 atom stereocenters. The molecule has 0 spiro atoms. The van der Waals surface area contributed by atoms with Crippen LogP contribution in [-0.4, -0.2) is 9.97 Å². The molecule has 0 fully saturated rings. The highest BCUT2D eigenvalue weighted by Crippen LogP contribution is 2.29. The fraction of sp³-hybridized carbons (Fsp3) is 0.182. The molecule has 0 aliphatic rings. The predicted molar refractivity (Wildman–Crippen MR) is 61.1 cm³/mol. The van der Waals surface area contributed by atoms with Crippen molar-refractivity contribution in [1.29, 1.82) is 0 Å². The number of aromatic amines is 1. The van der Waals surface area contributed by atoms with Crippen LogP contribution >= 0.6 is 0 Å². The number of nitrogen functional groups attached to an aromatic ring is 1. The molecule has 2 aromatic rings. The zero-order valence-electron chi connectivity index (χ0n) is 8.62. The molecular formula is C11H14N4. The van der Waals surface area contributed by atoms with Crippen LogP contribution in [0.4, 0.5) is 5.69 Å². The summed E-state index contributed by atoms with van der Waals surface area (Å²) in [6.45, 7) is 2.42. The third kappa shape index (κ3) is 1.59. The van der Waals surface area contributed by atoms with E-state index in [1.165, 1.54) is 0 Å². The third-order valence-electron chi connectivity index (χ3n) is 2.51. The average Bonchev–Trinajstić information content (AvgIpc) is 2.55. The Morgan fingerprint density at radius 3 is 2.80 bits per heavy atom. The monoisotopic (exact) mass is 202 g/mol. The van der Waals surface area contributed by atoms with Crippen LogP contribution in [0.3, 0.4) is 0 Å². The Hall–Kier alpha value is -1.81. The van der Waals surface area contributed by atoms with Gasteiger partial charge in [-0.05, 0) is 19.1 Å². The van der Waals surface area contributed by atoms with Gasteiger partial charge >= 0.3 is 0 Å². The fourth-order valence-corrected chi connectivity index (χ4v) is 1.68. The number of aryl methyl sites for hydroxylation is 1. The van der Waals surface area contributed by atoms with Gasteiger partial charge in [-0.2, -0.15) is 0 Å². The zero-order valence-corrected chi connectivity index (χ0v) is 8.62. The lowest BCUT2D eigenvalue weighted by molar-refractivity contribution is 1.05. The summed E-state index contributed by atoms with van der Waals surface area (Å²) in [6, 6.07) is 3.85. The number of pyridine rings is 1. The SMILES string of the molecule is Cc1[nH]c(-c2cccnc2)c(N)c1CN. The zero-order chi connectivity index (χ0) is 10.8. The number of rotatable bonds is 2. The highest BCUT2D eigenvalue weighted by molar-refractivity contribution is 5.76. The Bertz CT molecular complexity index is 459. The topological polar surface area (TPSA) is 80.7 Å². The van der Waals surface area contributed by atoms with Crippen molar-refractivity contribution in [2.75, 3.05) is 5.73 Å². The molecule has 0 radical (unpaired) electrons. The molecule has 15 heavy (non-hydrogen) atoms. The van der Waals surface area contributed by atoms with Crippen LogP contribution in [0.2, 0.25) is 0 Å². The van der Waals surface area contributed by atoms with Crippen molar-refractivity contribution in [3.63, 3.8) is 0 Å². The van der Waals surface area contributed by atoms with E-state index in [1.54, 1.807) is 12.4 Å². The number of hydrogen-bond donors (Lipinski definition) is 3. The molecule has 0 unspecified atom stereocenters. The van der Waals surface area contributed by atoms with E-state index < -0.39 is 0 Å².